The van der Waals surface area contributed by atoms with Gasteiger partial charge in [0.1, 0.15) is 5.69 Å². The van der Waals surface area contributed by atoms with Crippen LogP contribution in [-0.4, -0.2) is 52.8 Å². The molecule has 0 bridgehead atoms. The number of nitrogens with one attached hydrogen (secondary N) is 1. The van der Waals surface area contributed by atoms with Crippen LogP contribution in [0.2, 0.25) is 0 Å². The van der Waals surface area contributed by atoms with E-state index in [0.717, 1.165) is 29.6 Å². The van der Waals surface area contributed by atoms with Crippen molar-refractivity contribution in [3.05, 3.63) is 35.5 Å². The minimum absolute atomic E-state index is 0.131. The van der Waals surface area contributed by atoms with Gasteiger partial charge in [0.2, 0.25) is 0 Å². The van der Waals surface area contributed by atoms with Gasteiger partial charge in [-0.2, -0.15) is 0 Å². The summed E-state index contributed by atoms with van der Waals surface area (Å²) in [6, 6.07) is 7.99. The quantitative estimate of drug-likeness (QED) is 0.877. The fraction of sp³-hybridized carbons (Fsp3) is 0.550. The number of fused-ring (bicyclic) bond motifs is 1. The number of hydrogen-bond donors (Lipinski definition) is 2. The Morgan fingerprint density at radius 3 is 2.64 bits per heavy atom. The van der Waals surface area contributed by atoms with E-state index in [4.69, 9.17) is 0 Å². The summed E-state index contributed by atoms with van der Waals surface area (Å²) in [5.41, 5.74) is 2.87. The van der Waals surface area contributed by atoms with Crippen LogP contribution in [0.5, 0.6) is 0 Å². The second kappa shape index (κ2) is 8.02. The molecule has 2 N–H and O–H groups in total. The molecule has 0 aliphatic carbocycles. The molecule has 0 saturated carbocycles. The molecule has 3 rings (SSSR count). The van der Waals surface area contributed by atoms with E-state index >= 15 is 0 Å². The molecule has 1 unspecified atom stereocenters. The van der Waals surface area contributed by atoms with Gasteiger partial charge < -0.3 is 19.9 Å². The van der Waals surface area contributed by atoms with Gasteiger partial charge in [-0.3, -0.25) is 4.79 Å². The minimum Gasteiger partial charge on any atom is -0.390 e. The molecular formula is C20H29N3O2. The van der Waals surface area contributed by atoms with E-state index in [1.807, 2.05) is 29.8 Å². The number of para-hydroxylation sites is 1. The lowest BCUT2D eigenvalue weighted by molar-refractivity contribution is 0.0856. The minimum atomic E-state index is -0.529. The highest BCUT2D eigenvalue weighted by molar-refractivity contribution is 5.99. The summed E-state index contributed by atoms with van der Waals surface area (Å²) < 4.78 is 1.93. The van der Waals surface area contributed by atoms with Crippen molar-refractivity contribution in [2.75, 3.05) is 26.2 Å². The number of β-amino-alcohol motifs (C(OH)–C–C–N with tert-alkyl or cyclic N) is 1. The molecule has 1 aromatic carbocycles. The maximum atomic E-state index is 12.5. The average Bonchev–Trinajstić information content (AvgIpc) is 2.76. The number of carbonyl (C=O) groups is 1. The van der Waals surface area contributed by atoms with Gasteiger partial charge in [-0.15, -0.1) is 0 Å². The van der Waals surface area contributed by atoms with Crippen molar-refractivity contribution in [1.29, 1.82) is 0 Å². The Labute approximate surface area is 149 Å². The number of hydrogen-bond acceptors (Lipinski definition) is 3. The summed E-state index contributed by atoms with van der Waals surface area (Å²) in [4.78, 5) is 14.9. The smallest absolute Gasteiger partial charge is 0.268 e. The van der Waals surface area contributed by atoms with E-state index in [9.17, 15) is 9.90 Å². The van der Waals surface area contributed by atoms with Crippen LogP contribution in [-0.2, 0) is 7.05 Å². The predicted octanol–water partition coefficient (Wildman–Crippen LogP) is 2.45. The normalized spacial score (nSPS) is 17.4. The molecule has 1 atom stereocenters. The Balaban J connectivity index is 1.59. The molecule has 5 heteroatoms. The molecule has 25 heavy (non-hydrogen) atoms. The number of carbonyl (C=O) groups excluding carboxylic acids is 1. The van der Waals surface area contributed by atoms with E-state index in [-0.39, 0.29) is 12.5 Å². The lowest BCUT2D eigenvalue weighted by Crippen LogP contribution is -2.40. The standard InChI is InChI=1S/C20H29N3O2/c1-15-8-7-9-16-12-18(22(2)19(15)16)20(25)21-13-17(24)14-23-10-5-3-4-6-11-23/h7-9,12,17,24H,3-6,10-11,13-14H2,1-2H3,(H,21,25). The Kier molecular flexibility index (Phi) is 5.76. The van der Waals surface area contributed by atoms with Crippen LogP contribution < -0.4 is 5.32 Å². The summed E-state index contributed by atoms with van der Waals surface area (Å²) in [6.07, 6.45) is 4.44. The van der Waals surface area contributed by atoms with Gasteiger partial charge in [-0.1, -0.05) is 31.0 Å². The summed E-state index contributed by atoms with van der Waals surface area (Å²) in [5.74, 6) is -0.131. The number of benzene rings is 1. The average molecular weight is 343 g/mol. The van der Waals surface area contributed by atoms with Crippen LogP contribution in [0.1, 0.15) is 41.7 Å². The van der Waals surface area contributed by atoms with Gasteiger partial charge in [0.15, 0.2) is 0 Å². The monoisotopic (exact) mass is 343 g/mol. The van der Waals surface area contributed by atoms with Gasteiger partial charge in [-0.05, 0) is 44.5 Å². The number of rotatable bonds is 5. The molecule has 136 valence electrons. The van der Waals surface area contributed by atoms with Gasteiger partial charge in [-0.25, -0.2) is 0 Å². The van der Waals surface area contributed by atoms with E-state index in [2.05, 4.69) is 23.2 Å². The van der Waals surface area contributed by atoms with Crippen molar-refractivity contribution in [2.45, 2.75) is 38.7 Å². The third kappa shape index (κ3) is 4.22. The SMILES string of the molecule is Cc1cccc2cc(C(=O)NCC(O)CN3CCCCCC3)n(C)c12. The third-order valence-electron chi connectivity index (χ3n) is 5.16. The maximum Gasteiger partial charge on any atom is 0.268 e. The number of nitrogens with zero attached hydrogens (tertiary/aromatic N) is 2. The molecule has 1 aromatic heterocycles. The molecule has 2 aromatic rings. The highest BCUT2D eigenvalue weighted by atomic mass is 16.3. The van der Waals surface area contributed by atoms with E-state index in [1.54, 1.807) is 0 Å². The highest BCUT2D eigenvalue weighted by Gasteiger charge is 2.17. The molecule has 1 saturated heterocycles. The number of aliphatic hydroxyl groups is 1. The van der Waals surface area contributed by atoms with Gasteiger partial charge in [0.05, 0.1) is 11.6 Å². The molecule has 1 fully saturated rings. The van der Waals surface area contributed by atoms with Crippen LogP contribution >= 0.6 is 0 Å². The lowest BCUT2D eigenvalue weighted by atomic mass is 10.2. The Bertz CT molecular complexity index is 730. The Hall–Kier alpha value is -1.85. The fourth-order valence-corrected chi connectivity index (χ4v) is 3.82. The van der Waals surface area contributed by atoms with Crippen LogP contribution in [0, 0.1) is 6.92 Å². The number of likely N-dealkylation sites (tertiary alicyclic amines) is 1. The van der Waals surface area contributed by atoms with E-state index < -0.39 is 6.10 Å². The maximum absolute atomic E-state index is 12.5. The second-order valence-electron chi connectivity index (χ2n) is 7.18. The summed E-state index contributed by atoms with van der Waals surface area (Å²) in [7, 11) is 1.91. The third-order valence-corrected chi connectivity index (χ3v) is 5.16. The molecule has 1 aliphatic rings. The predicted molar refractivity (Wildman–Crippen MR) is 101 cm³/mol. The first kappa shape index (κ1) is 18.0. The van der Waals surface area contributed by atoms with Crippen molar-refractivity contribution < 1.29 is 9.90 Å². The van der Waals surface area contributed by atoms with Crippen molar-refractivity contribution in [3.8, 4) is 0 Å². The molecule has 0 spiro atoms. The number of aliphatic hydroxyl groups excluding tert-OH is 1. The molecule has 1 aliphatic heterocycles. The van der Waals surface area contributed by atoms with Crippen LogP contribution in [0.15, 0.2) is 24.3 Å². The molecule has 5 nitrogen and oxygen atoms in total. The van der Waals surface area contributed by atoms with Crippen molar-refractivity contribution in [3.63, 3.8) is 0 Å². The zero-order chi connectivity index (χ0) is 17.8. The topological polar surface area (TPSA) is 57.5 Å². The molecule has 2 heterocycles. The summed E-state index contributed by atoms with van der Waals surface area (Å²) in [5, 5.41) is 14.2. The van der Waals surface area contributed by atoms with Gasteiger partial charge in [0, 0.05) is 25.5 Å². The molecule has 1 amide bonds. The zero-order valence-electron chi connectivity index (χ0n) is 15.3. The summed E-state index contributed by atoms with van der Waals surface area (Å²) in [6.45, 7) is 5.07. The Morgan fingerprint density at radius 2 is 1.96 bits per heavy atom. The van der Waals surface area contributed by atoms with Gasteiger partial charge >= 0.3 is 0 Å². The van der Waals surface area contributed by atoms with Crippen molar-refractivity contribution in [1.82, 2.24) is 14.8 Å². The van der Waals surface area contributed by atoms with Crippen LogP contribution in [0.3, 0.4) is 0 Å². The van der Waals surface area contributed by atoms with E-state index in [0.29, 0.717) is 12.2 Å². The number of aromatic nitrogens is 1. The second-order valence-corrected chi connectivity index (χ2v) is 7.18. The molecular weight excluding hydrogens is 314 g/mol. The molecule has 0 radical (unpaired) electrons. The first-order valence-electron chi connectivity index (χ1n) is 9.30. The number of amides is 1. The highest BCUT2D eigenvalue weighted by Crippen LogP contribution is 2.22. The largest absolute Gasteiger partial charge is 0.390 e. The van der Waals surface area contributed by atoms with Crippen molar-refractivity contribution >= 4 is 16.8 Å². The zero-order valence-corrected chi connectivity index (χ0v) is 15.3. The first-order chi connectivity index (χ1) is 12.1. The fourth-order valence-electron chi connectivity index (χ4n) is 3.82. The van der Waals surface area contributed by atoms with E-state index in [1.165, 1.54) is 25.7 Å². The van der Waals surface area contributed by atoms with Crippen molar-refractivity contribution in [2.24, 2.45) is 7.05 Å². The van der Waals surface area contributed by atoms with Crippen LogP contribution in [0.25, 0.3) is 10.9 Å². The summed E-state index contributed by atoms with van der Waals surface area (Å²) >= 11 is 0. The first-order valence-corrected chi connectivity index (χ1v) is 9.30. The number of aryl methyl sites for hydroxylation is 2. The lowest BCUT2D eigenvalue weighted by Gasteiger charge is -2.23. The Morgan fingerprint density at radius 1 is 1.24 bits per heavy atom. The van der Waals surface area contributed by atoms with Crippen LogP contribution in [0.4, 0.5) is 0 Å². The van der Waals surface area contributed by atoms with Gasteiger partial charge in [0.25, 0.3) is 5.91 Å².